The standard InChI is InChI=1S/C9H12N2O2/c10-5-1-3-7(12)9-8(13)4-2-6-11-9/h2,4,6,13H,1,3,5,10H2. The summed E-state index contributed by atoms with van der Waals surface area (Å²) in [5.74, 6) is -0.229. The fourth-order valence-corrected chi connectivity index (χ4v) is 0.993. The Morgan fingerprint density at radius 2 is 2.38 bits per heavy atom. The highest BCUT2D eigenvalue weighted by molar-refractivity contribution is 5.96. The van der Waals surface area contributed by atoms with Crippen molar-refractivity contribution in [2.24, 2.45) is 5.73 Å². The Labute approximate surface area is 76.4 Å². The van der Waals surface area contributed by atoms with E-state index in [9.17, 15) is 9.90 Å². The Kier molecular flexibility index (Phi) is 3.40. The third-order valence-corrected chi connectivity index (χ3v) is 1.66. The first kappa shape index (κ1) is 9.67. The molecule has 0 bridgehead atoms. The van der Waals surface area contributed by atoms with Gasteiger partial charge < -0.3 is 10.8 Å². The average molecular weight is 180 g/mol. The first-order valence-electron chi connectivity index (χ1n) is 4.13. The molecular weight excluding hydrogens is 168 g/mol. The lowest BCUT2D eigenvalue weighted by Gasteiger charge is -2.00. The van der Waals surface area contributed by atoms with Crippen LogP contribution in [-0.4, -0.2) is 22.4 Å². The molecule has 0 aliphatic rings. The average Bonchev–Trinajstić information content (AvgIpc) is 2.15. The third-order valence-electron chi connectivity index (χ3n) is 1.66. The fourth-order valence-electron chi connectivity index (χ4n) is 0.993. The highest BCUT2D eigenvalue weighted by Gasteiger charge is 2.10. The zero-order valence-corrected chi connectivity index (χ0v) is 7.23. The molecule has 4 heteroatoms. The van der Waals surface area contributed by atoms with E-state index in [2.05, 4.69) is 4.98 Å². The van der Waals surface area contributed by atoms with Gasteiger partial charge in [-0.1, -0.05) is 0 Å². The molecule has 0 aromatic carbocycles. The second kappa shape index (κ2) is 4.57. The second-order valence-corrected chi connectivity index (χ2v) is 2.69. The Hall–Kier alpha value is -1.42. The van der Waals surface area contributed by atoms with Crippen LogP contribution in [0.25, 0.3) is 0 Å². The Balaban J connectivity index is 2.71. The molecular formula is C9H12N2O2. The van der Waals surface area contributed by atoms with E-state index in [0.717, 1.165) is 0 Å². The largest absolute Gasteiger partial charge is 0.506 e. The molecule has 3 N–H and O–H groups in total. The van der Waals surface area contributed by atoms with Crippen LogP contribution in [0.4, 0.5) is 0 Å². The van der Waals surface area contributed by atoms with E-state index in [-0.39, 0.29) is 17.2 Å². The Morgan fingerprint density at radius 1 is 1.62 bits per heavy atom. The van der Waals surface area contributed by atoms with Crippen LogP contribution in [0.5, 0.6) is 5.75 Å². The van der Waals surface area contributed by atoms with E-state index in [4.69, 9.17) is 5.73 Å². The van der Waals surface area contributed by atoms with Gasteiger partial charge in [0.15, 0.2) is 5.78 Å². The predicted octanol–water partition coefficient (Wildman–Crippen LogP) is 0.709. The summed E-state index contributed by atoms with van der Waals surface area (Å²) in [4.78, 5) is 15.1. The lowest BCUT2D eigenvalue weighted by atomic mass is 10.1. The number of carbonyl (C=O) groups excluding carboxylic acids is 1. The van der Waals surface area contributed by atoms with Crippen molar-refractivity contribution in [1.29, 1.82) is 0 Å². The highest BCUT2D eigenvalue weighted by Crippen LogP contribution is 2.14. The van der Waals surface area contributed by atoms with Crippen molar-refractivity contribution >= 4 is 5.78 Å². The summed E-state index contributed by atoms with van der Waals surface area (Å²) in [6, 6.07) is 3.03. The molecule has 4 nitrogen and oxygen atoms in total. The second-order valence-electron chi connectivity index (χ2n) is 2.69. The van der Waals surface area contributed by atoms with Gasteiger partial charge in [-0.25, -0.2) is 4.98 Å². The van der Waals surface area contributed by atoms with Gasteiger partial charge in [-0.3, -0.25) is 4.79 Å². The number of aromatic nitrogens is 1. The molecule has 1 heterocycles. The molecule has 1 rings (SSSR count). The zero-order valence-electron chi connectivity index (χ0n) is 7.23. The van der Waals surface area contributed by atoms with E-state index in [1.165, 1.54) is 12.3 Å². The Morgan fingerprint density at radius 3 is 3.00 bits per heavy atom. The summed E-state index contributed by atoms with van der Waals surface area (Å²) in [6.07, 6.45) is 2.44. The normalized spacial score (nSPS) is 9.92. The molecule has 0 amide bonds. The van der Waals surface area contributed by atoms with Crippen LogP contribution in [-0.2, 0) is 0 Å². The number of ketones is 1. The van der Waals surface area contributed by atoms with E-state index in [1.54, 1.807) is 6.07 Å². The fraction of sp³-hybridized carbons (Fsp3) is 0.333. The highest BCUT2D eigenvalue weighted by atomic mass is 16.3. The quantitative estimate of drug-likeness (QED) is 0.669. The van der Waals surface area contributed by atoms with Crippen molar-refractivity contribution in [3.63, 3.8) is 0 Å². The summed E-state index contributed by atoms with van der Waals surface area (Å²) in [6.45, 7) is 0.472. The molecule has 0 spiro atoms. The zero-order chi connectivity index (χ0) is 9.68. The monoisotopic (exact) mass is 180 g/mol. The molecule has 70 valence electrons. The van der Waals surface area contributed by atoms with Gasteiger partial charge >= 0.3 is 0 Å². The van der Waals surface area contributed by atoms with E-state index >= 15 is 0 Å². The van der Waals surface area contributed by atoms with Gasteiger partial charge in [-0.2, -0.15) is 0 Å². The van der Waals surface area contributed by atoms with Gasteiger partial charge in [0.25, 0.3) is 0 Å². The van der Waals surface area contributed by atoms with Crippen LogP contribution in [0, 0.1) is 0 Å². The maximum atomic E-state index is 11.3. The van der Waals surface area contributed by atoms with Crippen molar-refractivity contribution in [1.82, 2.24) is 4.98 Å². The number of pyridine rings is 1. The number of Topliss-reactive ketones (excluding diaryl/α,β-unsaturated/α-hetero) is 1. The number of rotatable bonds is 4. The van der Waals surface area contributed by atoms with Gasteiger partial charge in [-0.15, -0.1) is 0 Å². The van der Waals surface area contributed by atoms with Crippen molar-refractivity contribution in [3.8, 4) is 5.75 Å². The van der Waals surface area contributed by atoms with E-state index in [1.807, 2.05) is 0 Å². The van der Waals surface area contributed by atoms with Crippen LogP contribution in [0.3, 0.4) is 0 Å². The smallest absolute Gasteiger partial charge is 0.185 e. The SMILES string of the molecule is NCCCC(=O)c1ncccc1O. The molecule has 0 fully saturated rings. The number of hydrogen-bond donors (Lipinski definition) is 2. The van der Waals surface area contributed by atoms with E-state index in [0.29, 0.717) is 19.4 Å². The molecule has 0 unspecified atom stereocenters. The van der Waals surface area contributed by atoms with Crippen molar-refractivity contribution in [2.75, 3.05) is 6.54 Å². The molecule has 0 aliphatic carbocycles. The molecule has 0 radical (unpaired) electrons. The van der Waals surface area contributed by atoms with Gasteiger partial charge in [0, 0.05) is 12.6 Å². The summed E-state index contributed by atoms with van der Waals surface area (Å²) in [7, 11) is 0. The first-order valence-corrected chi connectivity index (χ1v) is 4.13. The van der Waals surface area contributed by atoms with Crippen LogP contribution in [0.15, 0.2) is 18.3 Å². The topological polar surface area (TPSA) is 76.2 Å². The van der Waals surface area contributed by atoms with Gasteiger partial charge in [-0.05, 0) is 25.1 Å². The minimum absolute atomic E-state index is 0.0653. The van der Waals surface area contributed by atoms with Crippen molar-refractivity contribution in [3.05, 3.63) is 24.0 Å². The molecule has 1 aromatic rings. The summed E-state index contributed by atoms with van der Waals surface area (Å²) < 4.78 is 0. The van der Waals surface area contributed by atoms with Crippen LogP contribution >= 0.6 is 0 Å². The van der Waals surface area contributed by atoms with Crippen molar-refractivity contribution in [2.45, 2.75) is 12.8 Å². The molecule has 0 saturated heterocycles. The molecule has 0 saturated carbocycles. The van der Waals surface area contributed by atoms with Crippen LogP contribution in [0.1, 0.15) is 23.3 Å². The predicted molar refractivity (Wildman–Crippen MR) is 48.5 cm³/mol. The number of aromatic hydroxyl groups is 1. The van der Waals surface area contributed by atoms with Crippen molar-refractivity contribution < 1.29 is 9.90 Å². The summed E-state index contributed by atoms with van der Waals surface area (Å²) >= 11 is 0. The molecule has 0 aliphatic heterocycles. The number of nitrogens with two attached hydrogens (primary N) is 1. The van der Waals surface area contributed by atoms with Crippen LogP contribution in [0.2, 0.25) is 0 Å². The van der Waals surface area contributed by atoms with Gasteiger partial charge in [0.1, 0.15) is 11.4 Å². The molecule has 1 aromatic heterocycles. The minimum atomic E-state index is -0.163. The van der Waals surface area contributed by atoms with E-state index < -0.39 is 0 Å². The number of carbonyl (C=O) groups is 1. The summed E-state index contributed by atoms with van der Waals surface area (Å²) in [5, 5.41) is 9.27. The number of hydrogen-bond acceptors (Lipinski definition) is 4. The lowest BCUT2D eigenvalue weighted by Crippen LogP contribution is -2.06. The van der Waals surface area contributed by atoms with Gasteiger partial charge in [0.2, 0.25) is 0 Å². The summed E-state index contributed by atoms with van der Waals surface area (Å²) in [5.41, 5.74) is 5.39. The maximum absolute atomic E-state index is 11.3. The molecule has 0 atom stereocenters. The third kappa shape index (κ3) is 2.52. The first-order chi connectivity index (χ1) is 6.25. The molecule has 13 heavy (non-hydrogen) atoms. The lowest BCUT2D eigenvalue weighted by molar-refractivity contribution is 0.0973. The maximum Gasteiger partial charge on any atom is 0.185 e. The van der Waals surface area contributed by atoms with Crippen LogP contribution < -0.4 is 5.73 Å². The number of nitrogens with zero attached hydrogens (tertiary/aromatic N) is 1. The Bertz CT molecular complexity index is 299. The minimum Gasteiger partial charge on any atom is -0.506 e. The van der Waals surface area contributed by atoms with Gasteiger partial charge in [0.05, 0.1) is 0 Å².